The van der Waals surface area contributed by atoms with Gasteiger partial charge in [0.25, 0.3) is 0 Å². The highest BCUT2D eigenvalue weighted by Gasteiger charge is 2.15. The van der Waals surface area contributed by atoms with Gasteiger partial charge >= 0.3 is 12.2 Å². The summed E-state index contributed by atoms with van der Waals surface area (Å²) in [5.74, 6) is -0.361. The molecule has 17 heavy (non-hydrogen) atoms. The van der Waals surface area contributed by atoms with Gasteiger partial charge in [-0.1, -0.05) is 30.3 Å². The van der Waals surface area contributed by atoms with Crippen molar-refractivity contribution in [3.05, 3.63) is 35.9 Å². The molecule has 1 rings (SSSR count). The Morgan fingerprint density at radius 2 is 1.76 bits per heavy atom. The van der Waals surface area contributed by atoms with Crippen LogP contribution in [0.25, 0.3) is 0 Å². The average molecular weight is 239 g/mol. The third-order valence-corrected chi connectivity index (χ3v) is 2.11. The third kappa shape index (κ3) is 4.87. The number of amides is 1. The standard InChI is InChI=1S/C11H13NO5/c12-10(13)16-6-9(7-17-11(14)15)8-4-2-1-3-5-8/h1-5,9H,6-7H2,(H2,12,13)(H,14,15). The van der Waals surface area contributed by atoms with Crippen molar-refractivity contribution in [1.82, 2.24) is 0 Å². The lowest BCUT2D eigenvalue weighted by molar-refractivity contribution is 0.0744. The number of benzene rings is 1. The van der Waals surface area contributed by atoms with E-state index in [9.17, 15) is 9.59 Å². The van der Waals surface area contributed by atoms with E-state index in [-0.39, 0.29) is 19.1 Å². The summed E-state index contributed by atoms with van der Waals surface area (Å²) in [7, 11) is 0. The fourth-order valence-electron chi connectivity index (χ4n) is 1.32. The molecule has 1 aromatic rings. The van der Waals surface area contributed by atoms with E-state index < -0.39 is 12.2 Å². The molecule has 6 heteroatoms. The summed E-state index contributed by atoms with van der Waals surface area (Å²) in [6.07, 6.45) is -2.27. The van der Waals surface area contributed by atoms with Crippen molar-refractivity contribution in [3.63, 3.8) is 0 Å². The molecule has 92 valence electrons. The summed E-state index contributed by atoms with van der Waals surface area (Å²) >= 11 is 0. The van der Waals surface area contributed by atoms with Gasteiger partial charge in [-0.25, -0.2) is 9.59 Å². The minimum Gasteiger partial charge on any atom is -0.450 e. The molecule has 1 unspecified atom stereocenters. The van der Waals surface area contributed by atoms with Gasteiger partial charge < -0.3 is 20.3 Å². The van der Waals surface area contributed by atoms with Gasteiger partial charge in [0.1, 0.15) is 13.2 Å². The highest BCUT2D eigenvalue weighted by Crippen LogP contribution is 2.16. The van der Waals surface area contributed by atoms with Crippen molar-refractivity contribution >= 4 is 12.2 Å². The van der Waals surface area contributed by atoms with Crippen LogP contribution in [0.4, 0.5) is 9.59 Å². The summed E-state index contributed by atoms with van der Waals surface area (Å²) in [4.78, 5) is 20.8. The van der Waals surface area contributed by atoms with Crippen LogP contribution < -0.4 is 5.73 Å². The molecule has 6 nitrogen and oxygen atoms in total. The van der Waals surface area contributed by atoms with Crippen LogP contribution in [-0.4, -0.2) is 30.6 Å². The zero-order valence-electron chi connectivity index (χ0n) is 9.04. The molecule has 0 heterocycles. The summed E-state index contributed by atoms with van der Waals surface area (Å²) in [5.41, 5.74) is 5.67. The maximum Gasteiger partial charge on any atom is 0.505 e. The van der Waals surface area contributed by atoms with E-state index in [0.717, 1.165) is 5.56 Å². The van der Waals surface area contributed by atoms with Crippen molar-refractivity contribution in [2.75, 3.05) is 13.2 Å². The second kappa shape index (κ2) is 6.37. The monoisotopic (exact) mass is 239 g/mol. The number of hydrogen-bond acceptors (Lipinski definition) is 4. The van der Waals surface area contributed by atoms with Crippen molar-refractivity contribution in [2.24, 2.45) is 5.73 Å². The van der Waals surface area contributed by atoms with E-state index in [0.29, 0.717) is 0 Å². The first-order valence-corrected chi connectivity index (χ1v) is 4.92. The maximum absolute atomic E-state index is 10.5. The van der Waals surface area contributed by atoms with Crippen LogP contribution in [-0.2, 0) is 9.47 Å². The molecule has 0 spiro atoms. The van der Waals surface area contributed by atoms with Crippen LogP contribution in [0, 0.1) is 0 Å². The van der Waals surface area contributed by atoms with Gasteiger partial charge in [0.2, 0.25) is 0 Å². The Morgan fingerprint density at radius 3 is 2.29 bits per heavy atom. The SMILES string of the molecule is NC(=O)OCC(COC(=O)O)c1ccccc1. The number of primary amides is 1. The second-order valence-corrected chi connectivity index (χ2v) is 3.31. The molecule has 0 aliphatic carbocycles. The van der Waals surface area contributed by atoms with Crippen LogP contribution in [0.3, 0.4) is 0 Å². The molecule has 1 amide bonds. The quantitative estimate of drug-likeness (QED) is 0.759. The van der Waals surface area contributed by atoms with Gasteiger partial charge in [0.05, 0.1) is 5.92 Å². The molecule has 0 bridgehead atoms. The van der Waals surface area contributed by atoms with Crippen molar-refractivity contribution in [1.29, 1.82) is 0 Å². The van der Waals surface area contributed by atoms with Gasteiger partial charge in [-0.3, -0.25) is 0 Å². The molecule has 3 N–H and O–H groups in total. The molecule has 0 saturated heterocycles. The Bertz CT molecular complexity index is 361. The average Bonchev–Trinajstić information content (AvgIpc) is 2.29. The molecule has 0 fully saturated rings. The van der Waals surface area contributed by atoms with Gasteiger partial charge in [-0.05, 0) is 5.56 Å². The maximum atomic E-state index is 10.5. The van der Waals surface area contributed by atoms with Gasteiger partial charge in [-0.2, -0.15) is 0 Å². The predicted molar refractivity (Wildman–Crippen MR) is 58.7 cm³/mol. The highest BCUT2D eigenvalue weighted by molar-refractivity contribution is 5.64. The van der Waals surface area contributed by atoms with Crippen molar-refractivity contribution in [2.45, 2.75) is 5.92 Å². The first-order chi connectivity index (χ1) is 8.09. The third-order valence-electron chi connectivity index (χ3n) is 2.11. The lowest BCUT2D eigenvalue weighted by atomic mass is 10.0. The molecule has 0 aromatic heterocycles. The van der Waals surface area contributed by atoms with E-state index in [2.05, 4.69) is 9.47 Å². The number of carbonyl (C=O) groups excluding carboxylic acids is 1. The summed E-state index contributed by atoms with van der Waals surface area (Å²) in [5, 5.41) is 8.43. The zero-order valence-corrected chi connectivity index (χ0v) is 9.04. The summed E-state index contributed by atoms with van der Waals surface area (Å²) in [6.45, 7) is -0.112. The van der Waals surface area contributed by atoms with Crippen LogP contribution >= 0.6 is 0 Å². The topological polar surface area (TPSA) is 98.9 Å². The lowest BCUT2D eigenvalue weighted by Gasteiger charge is -2.15. The first-order valence-electron chi connectivity index (χ1n) is 4.92. The lowest BCUT2D eigenvalue weighted by Crippen LogP contribution is -2.21. The van der Waals surface area contributed by atoms with E-state index in [1.54, 1.807) is 24.3 Å². The number of carboxylic acid groups (broad SMARTS) is 1. The summed E-state index contributed by atoms with van der Waals surface area (Å²) < 4.78 is 9.13. The smallest absolute Gasteiger partial charge is 0.450 e. The zero-order chi connectivity index (χ0) is 12.7. The molecule has 0 saturated carbocycles. The van der Waals surface area contributed by atoms with Gasteiger partial charge in [0.15, 0.2) is 0 Å². The number of carbonyl (C=O) groups is 2. The van der Waals surface area contributed by atoms with Gasteiger partial charge in [0, 0.05) is 0 Å². The van der Waals surface area contributed by atoms with E-state index >= 15 is 0 Å². The Labute approximate surface area is 97.9 Å². The minimum absolute atomic E-state index is 0.0212. The Hall–Kier alpha value is -2.24. The van der Waals surface area contributed by atoms with E-state index in [1.165, 1.54) is 0 Å². The van der Waals surface area contributed by atoms with E-state index in [1.807, 2.05) is 6.07 Å². The number of ether oxygens (including phenoxy) is 2. The number of hydrogen-bond donors (Lipinski definition) is 2. The Balaban J connectivity index is 2.64. The predicted octanol–water partition coefficient (Wildman–Crippen LogP) is 1.56. The molecular weight excluding hydrogens is 226 g/mol. The summed E-state index contributed by atoms with van der Waals surface area (Å²) in [6, 6.07) is 9.01. The van der Waals surface area contributed by atoms with Crippen molar-refractivity contribution in [3.8, 4) is 0 Å². The first kappa shape index (κ1) is 12.8. The molecule has 1 aromatic carbocycles. The molecule has 0 aliphatic heterocycles. The fraction of sp³-hybridized carbons (Fsp3) is 0.273. The number of nitrogens with two attached hydrogens (primary N) is 1. The minimum atomic E-state index is -1.37. The van der Waals surface area contributed by atoms with Crippen LogP contribution in [0.5, 0.6) is 0 Å². The van der Waals surface area contributed by atoms with Crippen LogP contribution in [0.15, 0.2) is 30.3 Å². The molecule has 0 aliphatic rings. The normalized spacial score (nSPS) is 11.5. The largest absolute Gasteiger partial charge is 0.505 e. The van der Waals surface area contributed by atoms with Crippen LogP contribution in [0.2, 0.25) is 0 Å². The Morgan fingerprint density at radius 1 is 1.18 bits per heavy atom. The van der Waals surface area contributed by atoms with E-state index in [4.69, 9.17) is 10.8 Å². The Kier molecular flexibility index (Phi) is 4.80. The number of rotatable bonds is 5. The van der Waals surface area contributed by atoms with Gasteiger partial charge in [-0.15, -0.1) is 0 Å². The molecular formula is C11H13NO5. The fourth-order valence-corrected chi connectivity index (χ4v) is 1.32. The van der Waals surface area contributed by atoms with Crippen molar-refractivity contribution < 1.29 is 24.2 Å². The second-order valence-electron chi connectivity index (χ2n) is 3.31. The highest BCUT2D eigenvalue weighted by atomic mass is 16.7. The van der Waals surface area contributed by atoms with Crippen LogP contribution in [0.1, 0.15) is 11.5 Å². The molecule has 1 atom stereocenters. The molecule has 0 radical (unpaired) electrons.